The average molecular weight is 556 g/mol. The molecule has 9 heteroatoms. The first-order chi connectivity index (χ1) is 14.8. The van der Waals surface area contributed by atoms with Gasteiger partial charge in [0.1, 0.15) is 5.82 Å². The standard InChI is InChI=1S/C23H37N7O.HI/c1-15(10-21-18(4)28-29(7)19(21)5)27-23(24-6)26-12-20-8-9-22(25-11-20)30-13-16(2)31-17(3)14-30;/h8-9,11,15-17H,10,12-14H2,1-7H3,(H2,24,26,27);1H. The van der Waals surface area contributed by atoms with Crippen molar-refractivity contribution in [1.29, 1.82) is 0 Å². The van der Waals surface area contributed by atoms with Crippen molar-refractivity contribution in [2.75, 3.05) is 25.0 Å². The lowest BCUT2D eigenvalue weighted by atomic mass is 10.1. The number of aliphatic imine (C=N–C) groups is 1. The summed E-state index contributed by atoms with van der Waals surface area (Å²) < 4.78 is 7.76. The molecule has 0 saturated carbocycles. The van der Waals surface area contributed by atoms with E-state index in [0.717, 1.165) is 42.5 Å². The van der Waals surface area contributed by atoms with Crippen LogP contribution in [-0.2, 0) is 24.8 Å². The fourth-order valence-electron chi connectivity index (χ4n) is 4.16. The highest BCUT2D eigenvalue weighted by Gasteiger charge is 2.23. The van der Waals surface area contributed by atoms with Crippen molar-refractivity contribution in [3.63, 3.8) is 0 Å². The molecular weight excluding hydrogens is 517 g/mol. The van der Waals surface area contributed by atoms with E-state index in [0.29, 0.717) is 6.54 Å². The third-order valence-corrected chi connectivity index (χ3v) is 5.79. The van der Waals surface area contributed by atoms with E-state index in [2.05, 4.69) is 77.4 Å². The molecule has 1 aliphatic heterocycles. The van der Waals surface area contributed by atoms with Crippen molar-refractivity contribution in [3.8, 4) is 0 Å². The van der Waals surface area contributed by atoms with Gasteiger partial charge in [-0.15, -0.1) is 24.0 Å². The Balaban J connectivity index is 0.00000363. The lowest BCUT2D eigenvalue weighted by Crippen LogP contribution is -2.45. The maximum Gasteiger partial charge on any atom is 0.191 e. The molecule has 0 spiro atoms. The molecule has 0 amide bonds. The second-order valence-electron chi connectivity index (χ2n) is 8.64. The highest BCUT2D eigenvalue weighted by Crippen LogP contribution is 2.18. The van der Waals surface area contributed by atoms with Crippen molar-refractivity contribution in [2.24, 2.45) is 12.0 Å². The predicted molar refractivity (Wildman–Crippen MR) is 141 cm³/mol. The summed E-state index contributed by atoms with van der Waals surface area (Å²) >= 11 is 0. The summed E-state index contributed by atoms with van der Waals surface area (Å²) in [7, 11) is 3.79. The average Bonchev–Trinajstić information content (AvgIpc) is 2.96. The molecule has 8 nitrogen and oxygen atoms in total. The van der Waals surface area contributed by atoms with Crippen molar-refractivity contribution < 1.29 is 4.74 Å². The maximum atomic E-state index is 5.82. The van der Waals surface area contributed by atoms with E-state index in [9.17, 15) is 0 Å². The van der Waals surface area contributed by atoms with E-state index < -0.39 is 0 Å². The minimum Gasteiger partial charge on any atom is -0.372 e. The minimum atomic E-state index is 0. The van der Waals surface area contributed by atoms with Gasteiger partial charge in [-0.05, 0) is 58.2 Å². The number of pyridine rings is 1. The van der Waals surface area contributed by atoms with Crippen LogP contribution < -0.4 is 15.5 Å². The molecule has 3 atom stereocenters. The van der Waals surface area contributed by atoms with Crippen LogP contribution in [0.1, 0.15) is 43.3 Å². The van der Waals surface area contributed by atoms with Gasteiger partial charge in [0.05, 0.1) is 17.9 Å². The van der Waals surface area contributed by atoms with Crippen LogP contribution in [0.3, 0.4) is 0 Å². The van der Waals surface area contributed by atoms with E-state index in [4.69, 9.17) is 4.74 Å². The Morgan fingerprint density at radius 3 is 2.47 bits per heavy atom. The first-order valence-corrected chi connectivity index (χ1v) is 11.1. The van der Waals surface area contributed by atoms with Crippen LogP contribution in [-0.4, -0.2) is 59.1 Å². The topological polar surface area (TPSA) is 79.6 Å². The molecule has 3 rings (SSSR count). The number of anilines is 1. The van der Waals surface area contributed by atoms with Crippen LogP contribution in [0.25, 0.3) is 0 Å². The number of hydrogen-bond donors (Lipinski definition) is 2. The van der Waals surface area contributed by atoms with Crippen LogP contribution >= 0.6 is 24.0 Å². The number of guanidine groups is 1. The summed E-state index contributed by atoms with van der Waals surface area (Å²) in [6.45, 7) is 13.0. The highest BCUT2D eigenvalue weighted by atomic mass is 127. The molecule has 1 fully saturated rings. The normalized spacial score (nSPS) is 20.0. The van der Waals surface area contributed by atoms with Gasteiger partial charge >= 0.3 is 0 Å². The minimum absolute atomic E-state index is 0. The SMILES string of the molecule is CN=C(NCc1ccc(N2CC(C)OC(C)C2)nc1)NC(C)Cc1c(C)nn(C)c1C.I. The van der Waals surface area contributed by atoms with Gasteiger partial charge in [-0.1, -0.05) is 6.07 Å². The molecule has 0 aliphatic carbocycles. The van der Waals surface area contributed by atoms with Crippen LogP contribution in [0.4, 0.5) is 5.82 Å². The Hall–Kier alpha value is -1.88. The fourth-order valence-corrected chi connectivity index (χ4v) is 4.16. The number of rotatable bonds is 6. The Kier molecular flexibility index (Phi) is 9.75. The molecule has 3 unspecified atom stereocenters. The molecule has 1 saturated heterocycles. The molecule has 3 heterocycles. The van der Waals surface area contributed by atoms with Crippen LogP contribution in [0.15, 0.2) is 23.3 Å². The van der Waals surface area contributed by atoms with Gasteiger partial charge in [-0.3, -0.25) is 9.67 Å². The molecule has 2 aromatic rings. The van der Waals surface area contributed by atoms with E-state index in [1.54, 1.807) is 7.05 Å². The summed E-state index contributed by atoms with van der Waals surface area (Å²) in [5.41, 5.74) is 4.72. The van der Waals surface area contributed by atoms with Gasteiger partial charge in [0.15, 0.2) is 5.96 Å². The van der Waals surface area contributed by atoms with Crippen LogP contribution in [0, 0.1) is 13.8 Å². The second kappa shape index (κ2) is 11.8. The molecular formula is C23H38IN7O. The zero-order valence-corrected chi connectivity index (χ0v) is 22.7. The molecule has 0 radical (unpaired) electrons. The van der Waals surface area contributed by atoms with E-state index >= 15 is 0 Å². The molecule has 0 bridgehead atoms. The van der Waals surface area contributed by atoms with Crippen molar-refractivity contribution >= 4 is 35.8 Å². The van der Waals surface area contributed by atoms with E-state index in [-0.39, 0.29) is 42.2 Å². The summed E-state index contributed by atoms with van der Waals surface area (Å²) in [5.74, 6) is 1.79. The number of ether oxygens (including phenoxy) is 1. The van der Waals surface area contributed by atoms with Crippen molar-refractivity contribution in [1.82, 2.24) is 25.4 Å². The van der Waals surface area contributed by atoms with Gasteiger partial charge in [0.2, 0.25) is 0 Å². The summed E-state index contributed by atoms with van der Waals surface area (Å²) in [4.78, 5) is 11.3. The van der Waals surface area contributed by atoms with Gasteiger partial charge in [0, 0.05) is 51.7 Å². The first-order valence-electron chi connectivity index (χ1n) is 11.1. The quantitative estimate of drug-likeness (QED) is 0.324. The van der Waals surface area contributed by atoms with Crippen LogP contribution in [0.2, 0.25) is 0 Å². The number of halogens is 1. The molecule has 0 aromatic carbocycles. The number of aryl methyl sites for hydroxylation is 2. The smallest absolute Gasteiger partial charge is 0.191 e. The molecule has 2 aromatic heterocycles. The monoisotopic (exact) mass is 555 g/mol. The number of morpholine rings is 1. The fraction of sp³-hybridized carbons (Fsp3) is 0.609. The second-order valence-corrected chi connectivity index (χ2v) is 8.64. The molecule has 178 valence electrons. The Morgan fingerprint density at radius 2 is 1.94 bits per heavy atom. The van der Waals surface area contributed by atoms with E-state index in [1.165, 1.54) is 11.3 Å². The predicted octanol–water partition coefficient (Wildman–Crippen LogP) is 2.96. The molecule has 2 N–H and O–H groups in total. The summed E-state index contributed by atoms with van der Waals surface area (Å²) in [5, 5.41) is 11.4. The summed E-state index contributed by atoms with van der Waals surface area (Å²) in [6, 6.07) is 4.45. The number of aromatic nitrogens is 3. The lowest BCUT2D eigenvalue weighted by molar-refractivity contribution is -0.00545. The third kappa shape index (κ3) is 6.81. The van der Waals surface area contributed by atoms with E-state index in [1.807, 2.05) is 17.9 Å². The first kappa shape index (κ1) is 26.4. The number of nitrogens with one attached hydrogen (secondary N) is 2. The van der Waals surface area contributed by atoms with Crippen molar-refractivity contribution in [2.45, 2.75) is 65.8 Å². The van der Waals surface area contributed by atoms with Crippen molar-refractivity contribution in [3.05, 3.63) is 40.8 Å². The van der Waals surface area contributed by atoms with Gasteiger partial charge in [-0.25, -0.2) is 4.98 Å². The largest absolute Gasteiger partial charge is 0.372 e. The number of hydrogen-bond acceptors (Lipinski definition) is 5. The van der Waals surface area contributed by atoms with Gasteiger partial charge in [-0.2, -0.15) is 5.10 Å². The zero-order valence-electron chi connectivity index (χ0n) is 20.3. The Morgan fingerprint density at radius 1 is 1.25 bits per heavy atom. The Labute approximate surface area is 209 Å². The third-order valence-electron chi connectivity index (χ3n) is 5.79. The lowest BCUT2D eigenvalue weighted by Gasteiger charge is -2.36. The van der Waals surface area contributed by atoms with Crippen LogP contribution in [0.5, 0.6) is 0 Å². The maximum absolute atomic E-state index is 5.82. The molecule has 1 aliphatic rings. The molecule has 32 heavy (non-hydrogen) atoms. The van der Waals surface area contributed by atoms with Gasteiger partial charge < -0.3 is 20.3 Å². The zero-order chi connectivity index (χ0) is 22.5. The number of nitrogens with zero attached hydrogens (tertiary/aromatic N) is 5. The van der Waals surface area contributed by atoms with Gasteiger partial charge in [0.25, 0.3) is 0 Å². The Bertz CT molecular complexity index is 886. The highest BCUT2D eigenvalue weighted by molar-refractivity contribution is 14.0. The summed E-state index contributed by atoms with van der Waals surface area (Å²) in [6.07, 6.45) is 3.29.